The Morgan fingerprint density at radius 2 is 1.91 bits per heavy atom. The van der Waals surface area contributed by atoms with Crippen molar-refractivity contribution >= 4 is 17.7 Å². The van der Waals surface area contributed by atoms with Crippen molar-refractivity contribution in [3.63, 3.8) is 0 Å². The van der Waals surface area contributed by atoms with Gasteiger partial charge >= 0.3 is 0 Å². The molecule has 0 bridgehead atoms. The molecule has 0 aliphatic carbocycles. The van der Waals surface area contributed by atoms with Crippen LogP contribution in [0.5, 0.6) is 0 Å². The Hall–Kier alpha value is -1.95. The van der Waals surface area contributed by atoms with Crippen molar-refractivity contribution in [2.75, 3.05) is 6.26 Å². The lowest BCUT2D eigenvalue weighted by Crippen LogP contribution is -2.25. The van der Waals surface area contributed by atoms with E-state index in [2.05, 4.69) is 15.3 Å². The van der Waals surface area contributed by atoms with Gasteiger partial charge in [-0.1, -0.05) is 26.0 Å². The zero-order valence-corrected chi connectivity index (χ0v) is 14.5. The van der Waals surface area contributed by atoms with Crippen LogP contribution in [-0.4, -0.2) is 22.1 Å². The highest BCUT2D eigenvalue weighted by molar-refractivity contribution is 7.98. The van der Waals surface area contributed by atoms with E-state index in [4.69, 9.17) is 0 Å². The number of hydrogen-bond acceptors (Lipinski definition) is 4. The number of benzene rings is 1. The van der Waals surface area contributed by atoms with Crippen LogP contribution in [0.25, 0.3) is 0 Å². The third-order valence-corrected chi connectivity index (χ3v) is 4.06. The van der Waals surface area contributed by atoms with Gasteiger partial charge in [0.15, 0.2) is 0 Å². The van der Waals surface area contributed by atoms with Gasteiger partial charge in [-0.3, -0.25) is 4.79 Å². The molecule has 0 aliphatic heterocycles. The van der Waals surface area contributed by atoms with Gasteiger partial charge in [0.05, 0.1) is 11.3 Å². The molecule has 1 N–H and O–H groups in total. The highest BCUT2D eigenvalue weighted by Gasteiger charge is 2.19. The summed E-state index contributed by atoms with van der Waals surface area (Å²) in [5, 5.41) is 3.52. The molecule has 2 aromatic rings. The Kier molecular flexibility index (Phi) is 5.71. The lowest BCUT2D eigenvalue weighted by Gasteiger charge is -2.13. The van der Waals surface area contributed by atoms with Crippen LogP contribution in [0.1, 0.15) is 47.2 Å². The van der Waals surface area contributed by atoms with Crippen LogP contribution >= 0.6 is 11.8 Å². The van der Waals surface area contributed by atoms with Gasteiger partial charge in [-0.05, 0) is 30.9 Å². The van der Waals surface area contributed by atoms with Crippen molar-refractivity contribution in [2.45, 2.75) is 38.3 Å². The first-order valence-corrected chi connectivity index (χ1v) is 8.60. The van der Waals surface area contributed by atoms with Gasteiger partial charge in [-0.15, -0.1) is 11.8 Å². The van der Waals surface area contributed by atoms with E-state index in [1.807, 2.05) is 27.0 Å². The standard InChI is InChI=1S/C17H20FN3OS/c1-10(2)15-20-11(3)14(17(21-15)23-4)16(22)19-9-12-5-7-13(18)8-6-12/h5-8,10H,9H2,1-4H3,(H,19,22). The summed E-state index contributed by atoms with van der Waals surface area (Å²) in [5.74, 6) is 0.433. The second kappa shape index (κ2) is 7.55. The summed E-state index contributed by atoms with van der Waals surface area (Å²) in [5.41, 5.74) is 2.01. The van der Waals surface area contributed by atoms with E-state index in [-0.39, 0.29) is 17.6 Å². The zero-order chi connectivity index (χ0) is 17.0. The highest BCUT2D eigenvalue weighted by atomic mass is 32.2. The number of thioether (sulfide) groups is 1. The molecule has 0 spiro atoms. The Morgan fingerprint density at radius 3 is 2.48 bits per heavy atom. The quantitative estimate of drug-likeness (QED) is 0.669. The molecule has 0 unspecified atom stereocenters. The third-order valence-electron chi connectivity index (χ3n) is 3.38. The van der Waals surface area contributed by atoms with E-state index in [1.54, 1.807) is 12.1 Å². The Labute approximate surface area is 139 Å². The fourth-order valence-corrected chi connectivity index (χ4v) is 2.74. The molecule has 6 heteroatoms. The molecule has 0 saturated carbocycles. The van der Waals surface area contributed by atoms with Crippen molar-refractivity contribution in [2.24, 2.45) is 0 Å². The Balaban J connectivity index is 2.19. The normalized spacial score (nSPS) is 10.9. The van der Waals surface area contributed by atoms with Gasteiger partial charge in [0.2, 0.25) is 0 Å². The molecule has 1 amide bonds. The second-order valence-electron chi connectivity index (χ2n) is 5.52. The molecule has 23 heavy (non-hydrogen) atoms. The first-order chi connectivity index (χ1) is 10.9. The zero-order valence-electron chi connectivity index (χ0n) is 13.7. The maximum atomic E-state index is 12.9. The number of hydrogen-bond donors (Lipinski definition) is 1. The number of aryl methyl sites for hydroxylation is 1. The van der Waals surface area contributed by atoms with Crippen molar-refractivity contribution in [1.82, 2.24) is 15.3 Å². The van der Waals surface area contributed by atoms with Crippen LogP contribution in [0.3, 0.4) is 0 Å². The number of aromatic nitrogens is 2. The van der Waals surface area contributed by atoms with E-state index in [0.29, 0.717) is 22.8 Å². The lowest BCUT2D eigenvalue weighted by molar-refractivity contribution is 0.0946. The monoisotopic (exact) mass is 333 g/mol. The summed E-state index contributed by atoms with van der Waals surface area (Å²) in [4.78, 5) is 21.4. The lowest BCUT2D eigenvalue weighted by atomic mass is 10.1. The molecule has 1 aromatic carbocycles. The molecule has 122 valence electrons. The summed E-state index contributed by atoms with van der Waals surface area (Å²) in [6.45, 7) is 6.19. The average molecular weight is 333 g/mol. The fourth-order valence-electron chi connectivity index (χ4n) is 2.11. The van der Waals surface area contributed by atoms with Gasteiger partial charge in [-0.2, -0.15) is 0 Å². The molecule has 2 rings (SSSR count). The maximum absolute atomic E-state index is 12.9. The molecular formula is C17H20FN3OS. The number of rotatable bonds is 5. The summed E-state index contributed by atoms with van der Waals surface area (Å²) < 4.78 is 12.9. The smallest absolute Gasteiger partial charge is 0.256 e. The summed E-state index contributed by atoms with van der Waals surface area (Å²) >= 11 is 1.43. The van der Waals surface area contributed by atoms with E-state index >= 15 is 0 Å². The first kappa shape index (κ1) is 17.4. The van der Waals surface area contributed by atoms with Crippen molar-refractivity contribution in [3.8, 4) is 0 Å². The molecule has 0 radical (unpaired) electrons. The van der Waals surface area contributed by atoms with E-state index < -0.39 is 0 Å². The van der Waals surface area contributed by atoms with E-state index in [9.17, 15) is 9.18 Å². The number of nitrogens with one attached hydrogen (secondary N) is 1. The Morgan fingerprint density at radius 1 is 1.26 bits per heavy atom. The number of carbonyl (C=O) groups excluding carboxylic acids is 1. The minimum atomic E-state index is -0.293. The minimum Gasteiger partial charge on any atom is -0.348 e. The molecule has 4 nitrogen and oxygen atoms in total. The largest absolute Gasteiger partial charge is 0.348 e. The summed E-state index contributed by atoms with van der Waals surface area (Å²) in [6.07, 6.45) is 1.89. The first-order valence-electron chi connectivity index (χ1n) is 7.37. The molecule has 1 aromatic heterocycles. The van der Waals surface area contributed by atoms with Crippen molar-refractivity contribution in [1.29, 1.82) is 0 Å². The van der Waals surface area contributed by atoms with Crippen LogP contribution in [0, 0.1) is 12.7 Å². The summed E-state index contributed by atoms with van der Waals surface area (Å²) in [6, 6.07) is 6.05. The SMILES string of the molecule is CSc1nc(C(C)C)nc(C)c1C(=O)NCc1ccc(F)cc1. The fraction of sp³-hybridized carbons (Fsp3) is 0.353. The van der Waals surface area contributed by atoms with Crippen molar-refractivity contribution in [3.05, 3.63) is 52.7 Å². The third kappa shape index (κ3) is 4.28. The molecule has 0 atom stereocenters. The van der Waals surface area contributed by atoms with E-state index in [1.165, 1.54) is 23.9 Å². The summed E-state index contributed by atoms with van der Waals surface area (Å²) in [7, 11) is 0. The molecule has 0 aliphatic rings. The van der Waals surface area contributed by atoms with Crippen LogP contribution in [0.15, 0.2) is 29.3 Å². The maximum Gasteiger partial charge on any atom is 0.256 e. The molecule has 1 heterocycles. The van der Waals surface area contributed by atoms with Gasteiger partial charge in [0.25, 0.3) is 5.91 Å². The van der Waals surface area contributed by atoms with Crippen LogP contribution < -0.4 is 5.32 Å². The van der Waals surface area contributed by atoms with E-state index in [0.717, 1.165) is 11.4 Å². The average Bonchev–Trinajstić information content (AvgIpc) is 2.53. The van der Waals surface area contributed by atoms with Crippen LogP contribution in [0.4, 0.5) is 4.39 Å². The van der Waals surface area contributed by atoms with Crippen molar-refractivity contribution < 1.29 is 9.18 Å². The predicted molar refractivity (Wildman–Crippen MR) is 90.2 cm³/mol. The van der Waals surface area contributed by atoms with Crippen LogP contribution in [0.2, 0.25) is 0 Å². The molecular weight excluding hydrogens is 313 g/mol. The van der Waals surface area contributed by atoms with Gasteiger partial charge in [0, 0.05) is 12.5 Å². The number of amides is 1. The van der Waals surface area contributed by atoms with Gasteiger partial charge < -0.3 is 5.32 Å². The highest BCUT2D eigenvalue weighted by Crippen LogP contribution is 2.23. The molecule has 0 saturated heterocycles. The van der Waals surface area contributed by atoms with Gasteiger partial charge in [-0.25, -0.2) is 14.4 Å². The number of nitrogens with zero attached hydrogens (tertiary/aromatic N) is 2. The van der Waals surface area contributed by atoms with Crippen LogP contribution in [-0.2, 0) is 6.54 Å². The topological polar surface area (TPSA) is 54.9 Å². The Bertz CT molecular complexity index is 702. The van der Waals surface area contributed by atoms with Gasteiger partial charge in [0.1, 0.15) is 16.7 Å². The number of carbonyl (C=O) groups is 1. The number of halogens is 1. The second-order valence-corrected chi connectivity index (χ2v) is 6.31. The minimum absolute atomic E-state index is 0.205. The predicted octanol–water partition coefficient (Wildman–Crippen LogP) is 3.70. The molecule has 0 fully saturated rings.